The van der Waals surface area contributed by atoms with Gasteiger partial charge in [-0.15, -0.1) is 0 Å². The van der Waals surface area contributed by atoms with Crippen LogP contribution in [0.5, 0.6) is 0 Å². The average Bonchev–Trinajstić information content (AvgIpc) is 2.60. The second kappa shape index (κ2) is 7.61. The molecule has 1 heterocycles. The summed E-state index contributed by atoms with van der Waals surface area (Å²) >= 11 is 0. The summed E-state index contributed by atoms with van der Waals surface area (Å²) in [5.74, 6) is -0.828. The van der Waals surface area contributed by atoms with Crippen LogP contribution in [0.3, 0.4) is 0 Å². The fourth-order valence-electron chi connectivity index (χ4n) is 2.93. The van der Waals surface area contributed by atoms with E-state index in [1.165, 1.54) is 0 Å². The smallest absolute Gasteiger partial charge is 0.320 e. The lowest BCUT2D eigenvalue weighted by atomic mass is 9.91. The van der Waals surface area contributed by atoms with Crippen molar-refractivity contribution in [2.75, 3.05) is 45.9 Å². The Bertz CT molecular complexity index is 373. The Balaban J connectivity index is 1.90. The molecule has 0 unspecified atom stereocenters. The van der Waals surface area contributed by atoms with E-state index in [0.717, 1.165) is 25.7 Å². The van der Waals surface area contributed by atoms with Crippen LogP contribution in [-0.2, 0) is 4.79 Å². The van der Waals surface area contributed by atoms with Gasteiger partial charge in [0.2, 0.25) is 0 Å². The molecule has 0 aromatic rings. The fraction of sp³-hybridized carbons (Fsp3) is 0.857. The maximum Gasteiger partial charge on any atom is 0.320 e. The molecule has 0 radical (unpaired) electrons. The Morgan fingerprint density at radius 1 is 1.10 bits per heavy atom. The monoisotopic (exact) mass is 299 g/mol. The number of carboxylic acid groups (broad SMARTS) is 1. The number of aliphatic carboxylic acids is 1. The number of carbonyl (C=O) groups excluding carboxylic acids is 1. The molecule has 2 rings (SSSR count). The van der Waals surface area contributed by atoms with Crippen LogP contribution in [0.25, 0.3) is 0 Å². The van der Waals surface area contributed by atoms with Crippen LogP contribution < -0.4 is 0 Å². The van der Waals surface area contributed by atoms with Crippen LogP contribution in [-0.4, -0.2) is 88.8 Å². The molecular formula is C14H25N3O4. The molecule has 7 nitrogen and oxygen atoms in total. The maximum atomic E-state index is 12.6. The zero-order valence-corrected chi connectivity index (χ0v) is 12.4. The molecule has 120 valence electrons. The molecule has 21 heavy (non-hydrogen) atoms. The van der Waals surface area contributed by atoms with E-state index in [1.807, 2.05) is 4.90 Å². The number of hydrogen-bond acceptors (Lipinski definition) is 4. The number of hydrogen-bond donors (Lipinski definition) is 2. The summed E-state index contributed by atoms with van der Waals surface area (Å²) in [6, 6.07) is 0.258. The first-order valence-corrected chi connectivity index (χ1v) is 7.72. The van der Waals surface area contributed by atoms with Gasteiger partial charge in [-0.1, -0.05) is 0 Å². The highest BCUT2D eigenvalue weighted by Crippen LogP contribution is 2.25. The quantitative estimate of drug-likeness (QED) is 0.749. The van der Waals surface area contributed by atoms with Crippen molar-refractivity contribution < 1.29 is 19.8 Å². The summed E-state index contributed by atoms with van der Waals surface area (Å²) in [4.78, 5) is 28.8. The van der Waals surface area contributed by atoms with Crippen molar-refractivity contribution in [1.29, 1.82) is 0 Å². The van der Waals surface area contributed by atoms with Crippen LogP contribution in [0, 0.1) is 0 Å². The van der Waals surface area contributed by atoms with E-state index in [4.69, 9.17) is 10.2 Å². The van der Waals surface area contributed by atoms with E-state index in [9.17, 15) is 9.59 Å². The lowest BCUT2D eigenvalue weighted by Crippen LogP contribution is -2.52. The Kier molecular flexibility index (Phi) is 5.81. The van der Waals surface area contributed by atoms with Gasteiger partial charge in [0.05, 0.1) is 13.2 Å². The molecule has 2 amide bonds. The van der Waals surface area contributed by atoms with Crippen molar-refractivity contribution in [2.45, 2.75) is 31.7 Å². The summed E-state index contributed by atoms with van der Waals surface area (Å²) in [6.45, 7) is 2.92. The topological polar surface area (TPSA) is 84.3 Å². The third-order valence-corrected chi connectivity index (χ3v) is 4.32. The largest absolute Gasteiger partial charge is 0.480 e. The van der Waals surface area contributed by atoms with Crippen LogP contribution in [0.1, 0.15) is 25.7 Å². The number of carbonyl (C=O) groups is 2. The van der Waals surface area contributed by atoms with Gasteiger partial charge in [0.15, 0.2) is 0 Å². The third-order valence-electron chi connectivity index (χ3n) is 4.32. The SMILES string of the molecule is O=C(O)CN1CCCN(C(=O)N(CCO)C2CCC2)CC1. The van der Waals surface area contributed by atoms with Gasteiger partial charge in [0.1, 0.15) is 0 Å². The molecule has 0 atom stereocenters. The summed E-state index contributed by atoms with van der Waals surface area (Å²) < 4.78 is 0. The van der Waals surface area contributed by atoms with Crippen LogP contribution >= 0.6 is 0 Å². The van der Waals surface area contributed by atoms with Crippen molar-refractivity contribution in [3.8, 4) is 0 Å². The summed E-state index contributed by atoms with van der Waals surface area (Å²) in [5.41, 5.74) is 0. The highest BCUT2D eigenvalue weighted by atomic mass is 16.4. The Hall–Kier alpha value is -1.34. The highest BCUT2D eigenvalue weighted by molar-refractivity contribution is 5.75. The third kappa shape index (κ3) is 4.31. The van der Waals surface area contributed by atoms with Crippen molar-refractivity contribution >= 4 is 12.0 Å². The van der Waals surface area contributed by atoms with E-state index >= 15 is 0 Å². The average molecular weight is 299 g/mol. The number of aliphatic hydroxyl groups excluding tert-OH is 1. The first-order valence-electron chi connectivity index (χ1n) is 7.72. The van der Waals surface area contributed by atoms with Gasteiger partial charge in [-0.05, 0) is 25.7 Å². The number of amides is 2. The molecule has 0 bridgehead atoms. The molecule has 1 aliphatic carbocycles. The molecule has 1 saturated carbocycles. The van der Waals surface area contributed by atoms with Gasteiger partial charge in [0, 0.05) is 38.8 Å². The van der Waals surface area contributed by atoms with Gasteiger partial charge in [-0.2, -0.15) is 0 Å². The van der Waals surface area contributed by atoms with Crippen LogP contribution in [0.2, 0.25) is 0 Å². The number of nitrogens with zero attached hydrogens (tertiary/aromatic N) is 3. The lowest BCUT2D eigenvalue weighted by Gasteiger charge is -2.40. The minimum Gasteiger partial charge on any atom is -0.480 e. The minimum absolute atomic E-state index is 0.00840. The molecule has 1 aliphatic heterocycles. The normalized spacial score (nSPS) is 20.7. The zero-order chi connectivity index (χ0) is 15.2. The first-order chi connectivity index (χ1) is 10.1. The Morgan fingerprint density at radius 2 is 1.86 bits per heavy atom. The predicted octanol–water partition coefficient (Wildman–Crippen LogP) is 0.0455. The van der Waals surface area contributed by atoms with Crippen molar-refractivity contribution in [3.05, 3.63) is 0 Å². The van der Waals surface area contributed by atoms with Gasteiger partial charge in [0.25, 0.3) is 0 Å². The van der Waals surface area contributed by atoms with Gasteiger partial charge in [-0.3, -0.25) is 9.69 Å². The Morgan fingerprint density at radius 3 is 2.43 bits per heavy atom. The minimum atomic E-state index is -0.828. The molecule has 2 aliphatic rings. The molecule has 0 aromatic carbocycles. The van der Waals surface area contributed by atoms with E-state index in [1.54, 1.807) is 9.80 Å². The van der Waals surface area contributed by atoms with Crippen molar-refractivity contribution in [2.24, 2.45) is 0 Å². The first kappa shape index (κ1) is 16.0. The molecule has 0 spiro atoms. The molecule has 2 fully saturated rings. The van der Waals surface area contributed by atoms with Crippen LogP contribution in [0.4, 0.5) is 4.79 Å². The molecule has 7 heteroatoms. The highest BCUT2D eigenvalue weighted by Gasteiger charge is 2.31. The number of rotatable bonds is 5. The second-order valence-electron chi connectivity index (χ2n) is 5.79. The van der Waals surface area contributed by atoms with E-state index in [2.05, 4.69) is 0 Å². The molecular weight excluding hydrogens is 274 g/mol. The lowest BCUT2D eigenvalue weighted by molar-refractivity contribution is -0.138. The number of aliphatic hydroxyl groups is 1. The number of carboxylic acids is 1. The number of urea groups is 1. The summed E-state index contributed by atoms with van der Waals surface area (Å²) in [6.07, 6.45) is 3.97. The molecule has 0 aromatic heterocycles. The predicted molar refractivity (Wildman–Crippen MR) is 77.1 cm³/mol. The summed E-state index contributed by atoms with van der Waals surface area (Å²) in [5, 5.41) is 18.0. The zero-order valence-electron chi connectivity index (χ0n) is 12.4. The van der Waals surface area contributed by atoms with E-state index in [-0.39, 0.29) is 25.2 Å². The second-order valence-corrected chi connectivity index (χ2v) is 5.79. The van der Waals surface area contributed by atoms with Crippen LogP contribution in [0.15, 0.2) is 0 Å². The fourth-order valence-corrected chi connectivity index (χ4v) is 2.93. The standard InChI is InChI=1S/C14H25N3O4/c18-10-9-17(12-3-1-4-12)14(21)16-6-2-5-15(7-8-16)11-13(19)20/h12,18H,1-11H2,(H,19,20). The Labute approximate surface area is 125 Å². The molecule has 2 N–H and O–H groups in total. The summed E-state index contributed by atoms with van der Waals surface area (Å²) in [7, 11) is 0. The van der Waals surface area contributed by atoms with Gasteiger partial charge < -0.3 is 20.0 Å². The van der Waals surface area contributed by atoms with E-state index in [0.29, 0.717) is 32.7 Å². The maximum absolute atomic E-state index is 12.6. The molecule has 1 saturated heterocycles. The van der Waals surface area contributed by atoms with Gasteiger partial charge in [-0.25, -0.2) is 4.79 Å². The van der Waals surface area contributed by atoms with Crippen molar-refractivity contribution in [1.82, 2.24) is 14.7 Å². The van der Waals surface area contributed by atoms with Gasteiger partial charge >= 0.3 is 12.0 Å². The van der Waals surface area contributed by atoms with E-state index < -0.39 is 5.97 Å². The van der Waals surface area contributed by atoms with Crippen molar-refractivity contribution in [3.63, 3.8) is 0 Å².